The molecule has 7 nitrogen and oxygen atoms in total. The van der Waals surface area contributed by atoms with Crippen LogP contribution >= 0.6 is 0 Å². The zero-order valence-corrected chi connectivity index (χ0v) is 17.6. The van der Waals surface area contributed by atoms with Gasteiger partial charge in [-0.1, -0.05) is 37.3 Å². The van der Waals surface area contributed by atoms with Gasteiger partial charge in [-0.2, -0.15) is 5.26 Å². The number of nitrogens with zero attached hydrogens (tertiary/aromatic N) is 3. The second kappa shape index (κ2) is 10.4. The van der Waals surface area contributed by atoms with Crippen LogP contribution in [-0.4, -0.2) is 48.0 Å². The Bertz CT molecular complexity index is 896. The van der Waals surface area contributed by atoms with E-state index in [9.17, 15) is 14.9 Å². The third-order valence-corrected chi connectivity index (χ3v) is 4.78. The predicted molar refractivity (Wildman–Crippen MR) is 114 cm³/mol. The van der Waals surface area contributed by atoms with E-state index in [2.05, 4.69) is 16.7 Å². The van der Waals surface area contributed by atoms with Crippen molar-refractivity contribution in [3.8, 4) is 6.07 Å². The average molecular weight is 396 g/mol. The highest BCUT2D eigenvalue weighted by atomic mass is 16.2. The maximum atomic E-state index is 12.6. The summed E-state index contributed by atoms with van der Waals surface area (Å²) in [5.41, 5.74) is 3.34. The summed E-state index contributed by atoms with van der Waals surface area (Å²) in [6, 6.07) is 12.1. The number of hydrogen-bond acceptors (Lipinski definition) is 4. The lowest BCUT2D eigenvalue weighted by atomic mass is 10.2. The van der Waals surface area contributed by atoms with Crippen molar-refractivity contribution >= 4 is 17.6 Å². The van der Waals surface area contributed by atoms with Gasteiger partial charge in [0.05, 0.1) is 18.7 Å². The Labute approximate surface area is 172 Å². The molecule has 0 saturated carbocycles. The molecule has 7 heteroatoms. The lowest BCUT2D eigenvalue weighted by Crippen LogP contribution is -2.39. The third-order valence-electron chi connectivity index (χ3n) is 4.78. The molecule has 0 aliphatic carbocycles. The molecule has 1 heterocycles. The number of nitrogens with one attached hydrogen (secondary N) is 2. The number of aromatic nitrogens is 1. The molecule has 2 N–H and O–H groups in total. The smallest absolute Gasteiger partial charge is 0.239 e. The van der Waals surface area contributed by atoms with Crippen molar-refractivity contribution in [1.82, 2.24) is 14.8 Å². The third kappa shape index (κ3) is 5.93. The number of anilines is 1. The number of hydrogen-bond donors (Lipinski definition) is 2. The quantitative estimate of drug-likeness (QED) is 0.682. The molecule has 0 saturated heterocycles. The highest BCUT2D eigenvalue weighted by Crippen LogP contribution is 2.27. The molecule has 0 radical (unpaired) electrons. The van der Waals surface area contributed by atoms with E-state index < -0.39 is 0 Å². The van der Waals surface area contributed by atoms with Gasteiger partial charge in [0, 0.05) is 18.8 Å². The fourth-order valence-electron chi connectivity index (χ4n) is 3.13. The van der Waals surface area contributed by atoms with E-state index in [1.165, 1.54) is 0 Å². The normalized spacial score (nSPS) is 10.6. The van der Waals surface area contributed by atoms with Gasteiger partial charge >= 0.3 is 0 Å². The summed E-state index contributed by atoms with van der Waals surface area (Å²) in [7, 11) is 1.72. The summed E-state index contributed by atoms with van der Waals surface area (Å²) >= 11 is 0. The summed E-state index contributed by atoms with van der Waals surface area (Å²) in [4.78, 5) is 26.1. The molecular weight excluding hydrogens is 366 g/mol. The number of benzene rings is 1. The minimum atomic E-state index is -0.265. The molecule has 0 bridgehead atoms. The van der Waals surface area contributed by atoms with Crippen LogP contribution in [0.5, 0.6) is 0 Å². The van der Waals surface area contributed by atoms with E-state index in [0.29, 0.717) is 24.5 Å². The topological polar surface area (TPSA) is 90.2 Å². The summed E-state index contributed by atoms with van der Waals surface area (Å²) in [6.07, 6.45) is 0.865. The Hall–Kier alpha value is -3.11. The number of nitriles is 1. The molecule has 2 aromatic rings. The first-order chi connectivity index (χ1) is 13.9. The fourth-order valence-corrected chi connectivity index (χ4v) is 3.13. The number of likely N-dealkylation sites (N-methyl/N-ethyl adjacent to an activating group) is 1. The zero-order valence-electron chi connectivity index (χ0n) is 17.6. The molecule has 1 aromatic carbocycles. The van der Waals surface area contributed by atoms with Crippen molar-refractivity contribution in [1.29, 1.82) is 5.26 Å². The van der Waals surface area contributed by atoms with E-state index in [1.807, 2.05) is 55.7 Å². The van der Waals surface area contributed by atoms with Crippen molar-refractivity contribution in [3.05, 3.63) is 52.7 Å². The molecule has 1 aromatic heterocycles. The van der Waals surface area contributed by atoms with Crippen LogP contribution < -0.4 is 10.6 Å². The first-order valence-corrected chi connectivity index (χ1v) is 9.76. The zero-order chi connectivity index (χ0) is 21.4. The van der Waals surface area contributed by atoms with Crippen molar-refractivity contribution in [2.75, 3.05) is 32.0 Å². The van der Waals surface area contributed by atoms with Gasteiger partial charge in [-0.05, 0) is 38.4 Å². The highest BCUT2D eigenvalue weighted by molar-refractivity contribution is 5.93. The summed E-state index contributed by atoms with van der Waals surface area (Å²) in [6.45, 7) is 7.18. The molecule has 0 atom stereocenters. The van der Waals surface area contributed by atoms with Crippen LogP contribution in [0.2, 0.25) is 0 Å². The van der Waals surface area contributed by atoms with Gasteiger partial charge in [0.2, 0.25) is 11.8 Å². The van der Waals surface area contributed by atoms with E-state index in [1.54, 1.807) is 11.9 Å². The minimum absolute atomic E-state index is 0.0546. The van der Waals surface area contributed by atoms with Gasteiger partial charge in [0.25, 0.3) is 0 Å². The Kier molecular flexibility index (Phi) is 7.98. The van der Waals surface area contributed by atoms with Gasteiger partial charge in [-0.15, -0.1) is 0 Å². The lowest BCUT2D eigenvalue weighted by Gasteiger charge is -2.17. The van der Waals surface area contributed by atoms with Crippen LogP contribution in [0.1, 0.15) is 35.7 Å². The first-order valence-electron chi connectivity index (χ1n) is 9.76. The van der Waals surface area contributed by atoms with E-state index >= 15 is 0 Å². The number of carbonyl (C=O) groups is 2. The van der Waals surface area contributed by atoms with Gasteiger partial charge in [0.1, 0.15) is 11.9 Å². The SMILES string of the molecule is CCCNC(=O)CN(C)CC(=O)Nc1c(C#N)c(C)c(C)n1Cc1ccccc1. The number of amides is 2. The Morgan fingerprint density at radius 2 is 1.79 bits per heavy atom. The number of carbonyl (C=O) groups excluding carboxylic acids is 2. The van der Waals surface area contributed by atoms with Crippen LogP contribution in [0.15, 0.2) is 30.3 Å². The van der Waals surface area contributed by atoms with Crippen LogP contribution in [0.4, 0.5) is 5.82 Å². The monoisotopic (exact) mass is 395 g/mol. The molecule has 2 rings (SSSR count). The van der Waals surface area contributed by atoms with Crippen LogP contribution in [0.25, 0.3) is 0 Å². The fraction of sp³-hybridized carbons (Fsp3) is 0.409. The molecule has 29 heavy (non-hydrogen) atoms. The predicted octanol–water partition coefficient (Wildman–Crippen LogP) is 2.42. The Balaban J connectivity index is 2.14. The van der Waals surface area contributed by atoms with E-state index in [4.69, 9.17) is 0 Å². The Morgan fingerprint density at radius 1 is 1.14 bits per heavy atom. The molecule has 0 fully saturated rings. The van der Waals surface area contributed by atoms with Gasteiger partial charge in [-0.25, -0.2) is 0 Å². The number of rotatable bonds is 9. The Morgan fingerprint density at radius 3 is 2.41 bits per heavy atom. The summed E-state index contributed by atoms with van der Waals surface area (Å²) in [5, 5.41) is 15.3. The van der Waals surface area contributed by atoms with Gasteiger partial charge in [-0.3, -0.25) is 14.5 Å². The molecule has 154 valence electrons. The van der Waals surface area contributed by atoms with Crippen LogP contribution in [0.3, 0.4) is 0 Å². The molecule has 0 aliphatic heterocycles. The summed E-state index contributed by atoms with van der Waals surface area (Å²) in [5.74, 6) is 0.123. The maximum Gasteiger partial charge on any atom is 0.239 e. The largest absolute Gasteiger partial charge is 0.355 e. The van der Waals surface area contributed by atoms with E-state index in [-0.39, 0.29) is 24.9 Å². The summed E-state index contributed by atoms with van der Waals surface area (Å²) < 4.78 is 1.95. The molecule has 0 unspecified atom stereocenters. The molecule has 2 amide bonds. The molecule has 0 aliphatic rings. The second-order valence-electron chi connectivity index (χ2n) is 7.19. The van der Waals surface area contributed by atoms with Gasteiger partial charge in [0.15, 0.2) is 0 Å². The highest BCUT2D eigenvalue weighted by Gasteiger charge is 2.20. The molecule has 0 spiro atoms. The maximum absolute atomic E-state index is 12.6. The minimum Gasteiger partial charge on any atom is -0.355 e. The van der Waals surface area contributed by atoms with E-state index in [0.717, 1.165) is 23.2 Å². The second-order valence-corrected chi connectivity index (χ2v) is 7.19. The standard InChI is InChI=1S/C22H29N5O2/c1-5-11-24-20(28)14-26(4)15-21(29)25-22-19(12-23)16(2)17(3)27(22)13-18-9-7-6-8-10-18/h6-10H,5,11,13-15H2,1-4H3,(H,24,28)(H,25,29). The van der Waals surface area contributed by atoms with Crippen LogP contribution in [-0.2, 0) is 16.1 Å². The van der Waals surface area contributed by atoms with Crippen molar-refractivity contribution in [2.45, 2.75) is 33.7 Å². The average Bonchev–Trinajstić information content (AvgIpc) is 2.90. The van der Waals surface area contributed by atoms with Gasteiger partial charge < -0.3 is 15.2 Å². The molecular formula is C22H29N5O2. The van der Waals surface area contributed by atoms with Crippen molar-refractivity contribution < 1.29 is 9.59 Å². The van der Waals surface area contributed by atoms with Crippen molar-refractivity contribution in [3.63, 3.8) is 0 Å². The lowest BCUT2D eigenvalue weighted by molar-refractivity contribution is -0.122. The van der Waals surface area contributed by atoms with Crippen LogP contribution in [0, 0.1) is 25.2 Å². The first kappa shape index (κ1) is 22.2. The van der Waals surface area contributed by atoms with Crippen molar-refractivity contribution in [2.24, 2.45) is 0 Å².